The summed E-state index contributed by atoms with van der Waals surface area (Å²) in [5.74, 6) is -0.318. The molecular weight excluding hydrogens is 270 g/mol. The summed E-state index contributed by atoms with van der Waals surface area (Å²) in [6, 6.07) is 10.1. The van der Waals surface area contributed by atoms with Crippen LogP contribution in [-0.2, 0) is 4.79 Å². The number of furan rings is 1. The van der Waals surface area contributed by atoms with Crippen molar-refractivity contribution in [1.29, 1.82) is 0 Å². The molecule has 0 unspecified atom stereocenters. The van der Waals surface area contributed by atoms with E-state index in [0.717, 1.165) is 0 Å². The molecule has 1 aromatic heterocycles. The Bertz CT molecular complexity index is 675. The van der Waals surface area contributed by atoms with E-state index in [1.807, 2.05) is 0 Å². The summed E-state index contributed by atoms with van der Waals surface area (Å²) in [5.41, 5.74) is 6.26. The summed E-state index contributed by atoms with van der Waals surface area (Å²) < 4.78 is 5.02. The second-order valence-electron chi connectivity index (χ2n) is 5.12. The maximum atomic E-state index is 11.9. The van der Waals surface area contributed by atoms with Crippen LogP contribution in [0.25, 0.3) is 0 Å². The van der Waals surface area contributed by atoms with Gasteiger partial charge in [0.05, 0.1) is 11.8 Å². The fourth-order valence-corrected chi connectivity index (χ4v) is 1.89. The molecular formula is C15H15N3O3. The highest BCUT2D eigenvalue weighted by molar-refractivity contribution is 6.03. The number of benzene rings is 1. The number of anilines is 2. The third-order valence-electron chi connectivity index (χ3n) is 3.36. The number of rotatable bonds is 4. The van der Waals surface area contributed by atoms with E-state index in [1.165, 1.54) is 6.26 Å². The molecule has 1 aromatic carbocycles. The van der Waals surface area contributed by atoms with Crippen LogP contribution in [-0.4, -0.2) is 17.4 Å². The summed E-state index contributed by atoms with van der Waals surface area (Å²) in [5, 5.41) is 5.45. The quantitative estimate of drug-likeness (QED) is 0.799. The molecule has 2 amide bonds. The molecule has 1 heterocycles. The normalized spacial score (nSPS) is 15.3. The first-order valence-electron chi connectivity index (χ1n) is 6.62. The molecule has 0 saturated heterocycles. The lowest BCUT2D eigenvalue weighted by atomic mass is 10.2. The van der Waals surface area contributed by atoms with E-state index in [-0.39, 0.29) is 17.6 Å². The van der Waals surface area contributed by atoms with Gasteiger partial charge in [-0.3, -0.25) is 9.59 Å². The summed E-state index contributed by atoms with van der Waals surface area (Å²) in [6.45, 7) is 0. The lowest BCUT2D eigenvalue weighted by molar-refractivity contribution is -0.118. The molecule has 2 aromatic rings. The fourth-order valence-electron chi connectivity index (χ4n) is 1.89. The molecule has 1 saturated carbocycles. The van der Waals surface area contributed by atoms with Crippen LogP contribution in [0.5, 0.6) is 0 Å². The van der Waals surface area contributed by atoms with Gasteiger partial charge in [0.2, 0.25) is 5.91 Å². The van der Waals surface area contributed by atoms with E-state index in [0.29, 0.717) is 24.2 Å². The number of hydrogen-bond donors (Lipinski definition) is 3. The highest BCUT2D eigenvalue weighted by Crippen LogP contribution is 2.33. The van der Waals surface area contributed by atoms with Crippen molar-refractivity contribution in [3.63, 3.8) is 0 Å². The Balaban J connectivity index is 1.68. The van der Waals surface area contributed by atoms with Gasteiger partial charge >= 0.3 is 0 Å². The number of carbonyl (C=O) groups is 2. The first-order valence-corrected chi connectivity index (χ1v) is 6.62. The topological polar surface area (TPSA) is 97.4 Å². The van der Waals surface area contributed by atoms with Crippen molar-refractivity contribution >= 4 is 23.2 Å². The van der Waals surface area contributed by atoms with Crippen molar-refractivity contribution in [2.45, 2.75) is 18.4 Å². The zero-order chi connectivity index (χ0) is 14.9. The smallest absolute Gasteiger partial charge is 0.291 e. The van der Waals surface area contributed by atoms with Crippen LogP contribution in [0.2, 0.25) is 0 Å². The van der Waals surface area contributed by atoms with Crippen molar-refractivity contribution in [2.24, 2.45) is 5.73 Å². The van der Waals surface area contributed by atoms with E-state index in [2.05, 4.69) is 10.6 Å². The maximum Gasteiger partial charge on any atom is 0.291 e. The lowest BCUT2D eigenvalue weighted by Gasteiger charge is -2.11. The van der Waals surface area contributed by atoms with Crippen molar-refractivity contribution in [3.8, 4) is 0 Å². The number of hydrogen-bond acceptors (Lipinski definition) is 4. The molecule has 3 rings (SSSR count). The van der Waals surface area contributed by atoms with Gasteiger partial charge < -0.3 is 20.8 Å². The van der Waals surface area contributed by atoms with Gasteiger partial charge in [0, 0.05) is 11.4 Å². The molecule has 108 valence electrons. The zero-order valence-corrected chi connectivity index (χ0v) is 11.3. The van der Waals surface area contributed by atoms with Crippen LogP contribution >= 0.6 is 0 Å². The maximum absolute atomic E-state index is 11.9. The van der Waals surface area contributed by atoms with Gasteiger partial charge in [0.1, 0.15) is 0 Å². The third kappa shape index (κ3) is 2.95. The van der Waals surface area contributed by atoms with Crippen molar-refractivity contribution < 1.29 is 14.0 Å². The van der Waals surface area contributed by atoms with Crippen LogP contribution in [0.1, 0.15) is 23.4 Å². The molecule has 0 atom stereocenters. The molecule has 0 aliphatic heterocycles. The third-order valence-corrected chi connectivity index (χ3v) is 3.36. The number of amides is 2. The Labute approximate surface area is 121 Å². The monoisotopic (exact) mass is 285 g/mol. The molecule has 4 N–H and O–H groups in total. The Morgan fingerprint density at radius 3 is 2.43 bits per heavy atom. The minimum Gasteiger partial charge on any atom is -0.459 e. The van der Waals surface area contributed by atoms with Gasteiger partial charge in [-0.25, -0.2) is 0 Å². The molecule has 21 heavy (non-hydrogen) atoms. The molecule has 1 aliphatic carbocycles. The fraction of sp³-hybridized carbons (Fsp3) is 0.200. The lowest BCUT2D eigenvalue weighted by Crippen LogP contribution is -2.37. The van der Waals surface area contributed by atoms with Crippen LogP contribution in [0.15, 0.2) is 47.1 Å². The summed E-state index contributed by atoms with van der Waals surface area (Å²) >= 11 is 0. The first kappa shape index (κ1) is 13.4. The van der Waals surface area contributed by atoms with Gasteiger partial charge in [-0.05, 0) is 43.2 Å². The minimum absolute atomic E-state index is 0.197. The Morgan fingerprint density at radius 1 is 1.10 bits per heavy atom. The van der Waals surface area contributed by atoms with Crippen LogP contribution in [0.4, 0.5) is 11.4 Å². The molecule has 1 aliphatic rings. The second kappa shape index (κ2) is 5.06. The molecule has 0 radical (unpaired) electrons. The Morgan fingerprint density at radius 2 is 1.81 bits per heavy atom. The predicted octanol–water partition coefficient (Wildman–Crippen LogP) is 1.96. The molecule has 6 heteroatoms. The average Bonchev–Trinajstić information content (AvgIpc) is 3.01. The molecule has 1 fully saturated rings. The first-order chi connectivity index (χ1) is 10.1. The Kier molecular flexibility index (Phi) is 3.23. The standard InChI is InChI=1S/C15H15N3O3/c16-15(6-7-15)14(20)18-11-4-1-3-10(9-11)17-13(19)12-5-2-8-21-12/h1-5,8-9H,6-7,16H2,(H,17,19)(H,18,20). The van der Waals surface area contributed by atoms with Crippen LogP contribution in [0.3, 0.4) is 0 Å². The minimum atomic E-state index is -0.729. The van der Waals surface area contributed by atoms with E-state index in [1.54, 1.807) is 36.4 Å². The highest BCUT2D eigenvalue weighted by Gasteiger charge is 2.45. The zero-order valence-electron chi connectivity index (χ0n) is 11.3. The molecule has 6 nitrogen and oxygen atoms in total. The van der Waals surface area contributed by atoms with Gasteiger partial charge in [0.15, 0.2) is 5.76 Å². The van der Waals surface area contributed by atoms with Gasteiger partial charge in [-0.1, -0.05) is 6.07 Å². The van der Waals surface area contributed by atoms with Crippen LogP contribution in [0, 0.1) is 0 Å². The summed E-state index contributed by atoms with van der Waals surface area (Å²) in [4.78, 5) is 23.7. The number of nitrogens with two attached hydrogens (primary N) is 1. The molecule has 0 bridgehead atoms. The summed E-state index contributed by atoms with van der Waals surface area (Å²) in [7, 11) is 0. The van der Waals surface area contributed by atoms with Gasteiger partial charge in [-0.15, -0.1) is 0 Å². The van der Waals surface area contributed by atoms with Crippen molar-refractivity contribution in [2.75, 3.05) is 10.6 Å². The molecule has 0 spiro atoms. The number of carbonyl (C=O) groups excluding carboxylic acids is 2. The second-order valence-corrected chi connectivity index (χ2v) is 5.12. The van der Waals surface area contributed by atoms with Gasteiger partial charge in [-0.2, -0.15) is 0 Å². The highest BCUT2D eigenvalue weighted by atomic mass is 16.3. The Hall–Kier alpha value is -2.60. The largest absolute Gasteiger partial charge is 0.459 e. The average molecular weight is 285 g/mol. The SMILES string of the molecule is NC1(C(=O)Nc2cccc(NC(=O)c3ccco3)c2)CC1. The van der Waals surface area contributed by atoms with Gasteiger partial charge in [0.25, 0.3) is 5.91 Å². The van der Waals surface area contributed by atoms with E-state index < -0.39 is 5.54 Å². The summed E-state index contributed by atoms with van der Waals surface area (Å²) in [6.07, 6.45) is 2.84. The van der Waals surface area contributed by atoms with Crippen LogP contribution < -0.4 is 16.4 Å². The number of nitrogens with one attached hydrogen (secondary N) is 2. The van der Waals surface area contributed by atoms with E-state index >= 15 is 0 Å². The van der Waals surface area contributed by atoms with Crippen molar-refractivity contribution in [1.82, 2.24) is 0 Å². The van der Waals surface area contributed by atoms with E-state index in [4.69, 9.17) is 10.2 Å². The van der Waals surface area contributed by atoms with Crippen molar-refractivity contribution in [3.05, 3.63) is 48.4 Å². The van der Waals surface area contributed by atoms with E-state index in [9.17, 15) is 9.59 Å². The predicted molar refractivity (Wildman–Crippen MR) is 77.9 cm³/mol.